The van der Waals surface area contributed by atoms with E-state index in [0.29, 0.717) is 0 Å². The third-order valence-corrected chi connectivity index (χ3v) is 2.09. The standard InChI is InChI=1S/C11H12N2O3/c1-2-9(14)10(13)6-3-7(11(15)16)5-8(12)4-6/h3-5,13H,2,12H2,1H3,(H,15,16). The van der Waals surface area contributed by atoms with Crippen molar-refractivity contribution in [2.75, 3.05) is 5.73 Å². The maximum atomic E-state index is 11.3. The van der Waals surface area contributed by atoms with Crippen molar-refractivity contribution in [3.05, 3.63) is 29.3 Å². The third-order valence-electron chi connectivity index (χ3n) is 2.09. The molecule has 5 heteroatoms. The van der Waals surface area contributed by atoms with Crippen molar-refractivity contribution in [2.45, 2.75) is 13.3 Å². The number of carbonyl (C=O) groups excluding carboxylic acids is 1. The van der Waals surface area contributed by atoms with E-state index in [9.17, 15) is 9.59 Å². The molecular weight excluding hydrogens is 208 g/mol. The van der Waals surface area contributed by atoms with Gasteiger partial charge >= 0.3 is 5.97 Å². The van der Waals surface area contributed by atoms with E-state index in [-0.39, 0.29) is 34.7 Å². The predicted octanol–water partition coefficient (Wildman–Crippen LogP) is 1.31. The number of hydrogen-bond donors (Lipinski definition) is 3. The van der Waals surface area contributed by atoms with Crippen molar-refractivity contribution in [1.82, 2.24) is 0 Å². The molecule has 84 valence electrons. The monoisotopic (exact) mass is 220 g/mol. The second-order valence-corrected chi connectivity index (χ2v) is 3.30. The molecular formula is C11H12N2O3. The van der Waals surface area contributed by atoms with Crippen molar-refractivity contribution < 1.29 is 14.7 Å². The Morgan fingerprint density at radius 2 is 1.88 bits per heavy atom. The minimum absolute atomic E-state index is 0.0244. The Morgan fingerprint density at radius 1 is 1.31 bits per heavy atom. The number of ketones is 1. The lowest BCUT2D eigenvalue weighted by Gasteiger charge is -2.05. The first kappa shape index (κ1) is 11.9. The number of carboxylic acids is 1. The fourth-order valence-corrected chi connectivity index (χ4v) is 1.26. The van der Waals surface area contributed by atoms with E-state index in [2.05, 4.69) is 0 Å². The van der Waals surface area contributed by atoms with E-state index in [0.717, 1.165) is 0 Å². The molecule has 0 heterocycles. The topological polar surface area (TPSA) is 104 Å². The Hall–Kier alpha value is -2.17. The molecule has 0 aliphatic carbocycles. The van der Waals surface area contributed by atoms with Gasteiger partial charge in [-0.2, -0.15) is 0 Å². The van der Waals surface area contributed by atoms with Gasteiger partial charge in [-0.3, -0.25) is 10.2 Å². The van der Waals surface area contributed by atoms with Crippen molar-refractivity contribution >= 4 is 23.2 Å². The highest BCUT2D eigenvalue weighted by atomic mass is 16.4. The number of nitrogen functional groups attached to an aromatic ring is 1. The molecule has 0 fully saturated rings. The minimum atomic E-state index is -1.13. The highest BCUT2D eigenvalue weighted by Crippen LogP contribution is 2.13. The summed E-state index contributed by atoms with van der Waals surface area (Å²) in [4.78, 5) is 22.0. The summed E-state index contributed by atoms with van der Waals surface area (Å²) in [6.07, 6.45) is 0.204. The average molecular weight is 220 g/mol. The van der Waals surface area contributed by atoms with Gasteiger partial charge in [-0.1, -0.05) is 6.92 Å². The lowest BCUT2D eigenvalue weighted by molar-refractivity contribution is -0.112. The van der Waals surface area contributed by atoms with Crippen LogP contribution in [0.4, 0.5) is 5.69 Å². The van der Waals surface area contributed by atoms with Gasteiger partial charge < -0.3 is 10.8 Å². The molecule has 0 aliphatic heterocycles. The fourth-order valence-electron chi connectivity index (χ4n) is 1.26. The van der Waals surface area contributed by atoms with E-state index in [4.69, 9.17) is 16.2 Å². The summed E-state index contributed by atoms with van der Waals surface area (Å²) in [5.41, 5.74) is 5.74. The zero-order chi connectivity index (χ0) is 12.3. The number of Topliss-reactive ketones (excluding diaryl/α,β-unsaturated/α-hetero) is 1. The van der Waals surface area contributed by atoms with Crippen LogP contribution >= 0.6 is 0 Å². The van der Waals surface area contributed by atoms with Gasteiger partial charge in [0.15, 0.2) is 5.78 Å². The van der Waals surface area contributed by atoms with Crippen LogP contribution in [0.2, 0.25) is 0 Å². The molecule has 0 saturated carbocycles. The summed E-state index contributed by atoms with van der Waals surface area (Å²) in [6, 6.07) is 3.98. The van der Waals surface area contributed by atoms with Gasteiger partial charge in [0, 0.05) is 17.7 Å². The number of anilines is 1. The maximum absolute atomic E-state index is 11.3. The van der Waals surface area contributed by atoms with E-state index in [1.165, 1.54) is 18.2 Å². The quantitative estimate of drug-likeness (QED) is 0.525. The molecule has 0 aliphatic rings. The van der Waals surface area contributed by atoms with Gasteiger partial charge in [-0.25, -0.2) is 4.79 Å². The zero-order valence-corrected chi connectivity index (χ0v) is 8.78. The minimum Gasteiger partial charge on any atom is -0.478 e. The van der Waals surface area contributed by atoms with Gasteiger partial charge in [-0.05, 0) is 18.2 Å². The lowest BCUT2D eigenvalue weighted by Crippen LogP contribution is -2.14. The predicted molar refractivity (Wildman–Crippen MR) is 59.9 cm³/mol. The Morgan fingerprint density at radius 3 is 2.38 bits per heavy atom. The van der Waals surface area contributed by atoms with E-state index in [1.54, 1.807) is 6.92 Å². The van der Waals surface area contributed by atoms with Gasteiger partial charge in [0.25, 0.3) is 0 Å². The first-order valence-electron chi connectivity index (χ1n) is 4.71. The number of aromatic carboxylic acids is 1. The van der Waals surface area contributed by atoms with Gasteiger partial charge in [0.1, 0.15) is 5.71 Å². The molecule has 5 nitrogen and oxygen atoms in total. The normalized spacial score (nSPS) is 9.81. The highest BCUT2D eigenvalue weighted by molar-refractivity contribution is 6.45. The summed E-state index contributed by atoms with van der Waals surface area (Å²) in [5.74, 6) is -1.48. The smallest absolute Gasteiger partial charge is 0.335 e. The summed E-state index contributed by atoms with van der Waals surface area (Å²) in [7, 11) is 0. The van der Waals surface area contributed by atoms with Crippen LogP contribution in [-0.2, 0) is 4.79 Å². The number of nitrogens with one attached hydrogen (secondary N) is 1. The largest absolute Gasteiger partial charge is 0.478 e. The number of nitrogens with two attached hydrogens (primary N) is 1. The van der Waals surface area contributed by atoms with E-state index < -0.39 is 5.97 Å². The van der Waals surface area contributed by atoms with Crippen molar-refractivity contribution in [1.29, 1.82) is 5.41 Å². The Bertz CT molecular complexity index is 466. The molecule has 0 amide bonds. The van der Waals surface area contributed by atoms with Crippen LogP contribution in [0.25, 0.3) is 0 Å². The number of benzene rings is 1. The van der Waals surface area contributed by atoms with Crippen LogP contribution in [0.3, 0.4) is 0 Å². The lowest BCUT2D eigenvalue weighted by atomic mass is 10.0. The average Bonchev–Trinajstić information content (AvgIpc) is 2.26. The molecule has 0 spiro atoms. The van der Waals surface area contributed by atoms with Crippen LogP contribution in [-0.4, -0.2) is 22.6 Å². The van der Waals surface area contributed by atoms with Crippen molar-refractivity contribution in [3.63, 3.8) is 0 Å². The Balaban J connectivity index is 3.20. The van der Waals surface area contributed by atoms with Crippen molar-refractivity contribution in [3.8, 4) is 0 Å². The van der Waals surface area contributed by atoms with Gasteiger partial charge in [-0.15, -0.1) is 0 Å². The van der Waals surface area contributed by atoms with Gasteiger partial charge in [0.05, 0.1) is 5.56 Å². The highest BCUT2D eigenvalue weighted by Gasteiger charge is 2.13. The van der Waals surface area contributed by atoms with Crippen LogP contribution in [0.15, 0.2) is 18.2 Å². The third kappa shape index (κ3) is 2.44. The van der Waals surface area contributed by atoms with Crippen molar-refractivity contribution in [2.24, 2.45) is 0 Å². The van der Waals surface area contributed by atoms with Crippen LogP contribution in [0, 0.1) is 5.41 Å². The maximum Gasteiger partial charge on any atom is 0.335 e. The molecule has 0 radical (unpaired) electrons. The first-order valence-corrected chi connectivity index (χ1v) is 4.71. The molecule has 1 aromatic rings. The summed E-state index contributed by atoms with van der Waals surface area (Å²) in [6.45, 7) is 1.64. The van der Waals surface area contributed by atoms with E-state index >= 15 is 0 Å². The second-order valence-electron chi connectivity index (χ2n) is 3.30. The van der Waals surface area contributed by atoms with Crippen LogP contribution in [0.1, 0.15) is 29.3 Å². The molecule has 0 aromatic heterocycles. The summed E-state index contributed by atoms with van der Waals surface area (Å²) >= 11 is 0. The molecule has 1 aromatic carbocycles. The number of carboxylic acid groups (broad SMARTS) is 1. The number of rotatable bonds is 4. The number of carbonyl (C=O) groups is 2. The zero-order valence-electron chi connectivity index (χ0n) is 8.78. The number of hydrogen-bond acceptors (Lipinski definition) is 4. The summed E-state index contributed by atoms with van der Waals surface area (Å²) < 4.78 is 0. The molecule has 0 saturated heterocycles. The van der Waals surface area contributed by atoms with Crippen LogP contribution in [0.5, 0.6) is 0 Å². The van der Waals surface area contributed by atoms with Gasteiger partial charge in [0.2, 0.25) is 0 Å². The molecule has 4 N–H and O–H groups in total. The van der Waals surface area contributed by atoms with E-state index in [1.807, 2.05) is 0 Å². The molecule has 16 heavy (non-hydrogen) atoms. The molecule has 0 bridgehead atoms. The molecule has 0 atom stereocenters. The Kier molecular flexibility index (Phi) is 3.40. The first-order chi connectivity index (χ1) is 7.45. The fraction of sp³-hybridized carbons (Fsp3) is 0.182. The SMILES string of the molecule is CCC(=O)C(=N)c1cc(N)cc(C(=O)O)c1. The molecule has 0 unspecified atom stereocenters. The molecule has 1 rings (SSSR count). The second kappa shape index (κ2) is 4.57. The summed E-state index contributed by atoms with van der Waals surface area (Å²) in [5, 5.41) is 16.4. The Labute approximate surface area is 92.4 Å². The van der Waals surface area contributed by atoms with Crippen LogP contribution < -0.4 is 5.73 Å².